The van der Waals surface area contributed by atoms with E-state index in [1.165, 1.54) is 10.5 Å². The third-order valence-electron chi connectivity index (χ3n) is 4.58. The summed E-state index contributed by atoms with van der Waals surface area (Å²) in [6, 6.07) is 18.2. The van der Waals surface area contributed by atoms with E-state index < -0.39 is 11.9 Å². The van der Waals surface area contributed by atoms with E-state index in [9.17, 15) is 4.79 Å². The number of piperazine rings is 1. The van der Waals surface area contributed by atoms with E-state index in [2.05, 4.69) is 35.4 Å². The molecular formula is C22H26N2O6S. The van der Waals surface area contributed by atoms with E-state index in [1.54, 1.807) is 11.8 Å². The van der Waals surface area contributed by atoms with Gasteiger partial charge in [0.2, 0.25) is 0 Å². The summed E-state index contributed by atoms with van der Waals surface area (Å²) in [5.74, 6) is -2.85. The Morgan fingerprint density at radius 3 is 2.00 bits per heavy atom. The lowest BCUT2D eigenvalue weighted by atomic mass is 10.2. The second-order valence-corrected chi connectivity index (χ2v) is 7.60. The molecule has 0 unspecified atom stereocenters. The summed E-state index contributed by atoms with van der Waals surface area (Å²) < 4.78 is 5.56. The molecule has 0 radical (unpaired) electrons. The van der Waals surface area contributed by atoms with Crippen molar-refractivity contribution >= 4 is 29.6 Å². The Morgan fingerprint density at radius 2 is 1.48 bits per heavy atom. The molecule has 0 aromatic heterocycles. The van der Waals surface area contributed by atoms with Crippen LogP contribution in [-0.4, -0.2) is 76.9 Å². The van der Waals surface area contributed by atoms with Gasteiger partial charge >= 0.3 is 11.9 Å². The molecule has 0 spiro atoms. The zero-order chi connectivity index (χ0) is 22.6. The summed E-state index contributed by atoms with van der Waals surface area (Å²) in [5.41, 5.74) is 1.32. The lowest BCUT2D eigenvalue weighted by molar-refractivity contribution is -0.159. The summed E-state index contributed by atoms with van der Waals surface area (Å²) in [6.45, 7) is 4.39. The summed E-state index contributed by atoms with van der Waals surface area (Å²) >= 11 is 1.76. The molecule has 1 heterocycles. The summed E-state index contributed by atoms with van der Waals surface area (Å²) in [6.07, 6.45) is 2.09. The molecule has 2 N–H and O–H groups in total. The first kappa shape index (κ1) is 24.2. The Kier molecular flexibility index (Phi) is 9.86. The topological polar surface area (TPSA) is 107 Å². The highest BCUT2D eigenvalue weighted by Gasteiger charge is 2.21. The van der Waals surface area contributed by atoms with Crippen LogP contribution in [0.2, 0.25) is 0 Å². The molecule has 1 fully saturated rings. The van der Waals surface area contributed by atoms with Gasteiger partial charge in [-0.15, -0.1) is 11.8 Å². The Balaban J connectivity index is 0.000000501. The number of hydrogen-bond donors (Lipinski definition) is 2. The molecule has 0 bridgehead atoms. The second kappa shape index (κ2) is 12.6. The third kappa shape index (κ3) is 8.69. The van der Waals surface area contributed by atoms with Gasteiger partial charge in [-0.25, -0.2) is 9.59 Å². The molecule has 1 aliphatic heterocycles. The molecule has 9 heteroatoms. The van der Waals surface area contributed by atoms with Crippen LogP contribution in [0.15, 0.2) is 59.5 Å². The highest BCUT2D eigenvalue weighted by atomic mass is 32.2. The molecule has 2 aromatic carbocycles. The molecule has 0 saturated carbocycles. The molecule has 166 valence electrons. The number of carbonyl (C=O) groups is 3. The second-order valence-electron chi connectivity index (χ2n) is 6.72. The van der Waals surface area contributed by atoms with Gasteiger partial charge in [-0.1, -0.05) is 30.3 Å². The molecule has 2 aromatic rings. The van der Waals surface area contributed by atoms with E-state index in [0.29, 0.717) is 0 Å². The number of carboxylic acid groups (broad SMARTS) is 2. The van der Waals surface area contributed by atoms with Crippen molar-refractivity contribution in [1.82, 2.24) is 9.80 Å². The largest absolute Gasteiger partial charge is 0.484 e. The van der Waals surface area contributed by atoms with Gasteiger partial charge in [0, 0.05) is 37.6 Å². The molecule has 0 aliphatic carbocycles. The van der Waals surface area contributed by atoms with E-state index in [0.717, 1.165) is 38.5 Å². The fraction of sp³-hybridized carbons (Fsp3) is 0.318. The third-order valence-corrected chi connectivity index (χ3v) is 5.32. The maximum atomic E-state index is 12.3. The molecule has 1 aliphatic rings. The van der Waals surface area contributed by atoms with Crippen molar-refractivity contribution in [2.75, 3.05) is 39.0 Å². The maximum Gasteiger partial charge on any atom is 0.414 e. The summed E-state index contributed by atoms with van der Waals surface area (Å²) in [7, 11) is 0. The number of benzene rings is 2. The molecule has 0 atom stereocenters. The monoisotopic (exact) mass is 446 g/mol. The Labute approximate surface area is 185 Å². The molecule has 31 heavy (non-hydrogen) atoms. The molecular weight excluding hydrogens is 420 g/mol. The first-order valence-electron chi connectivity index (χ1n) is 9.66. The number of amides is 1. The fourth-order valence-electron chi connectivity index (χ4n) is 2.90. The van der Waals surface area contributed by atoms with Crippen molar-refractivity contribution in [3.05, 3.63) is 60.2 Å². The quantitative estimate of drug-likeness (QED) is 0.514. The maximum absolute atomic E-state index is 12.3. The van der Waals surface area contributed by atoms with Gasteiger partial charge in [-0.3, -0.25) is 9.69 Å². The van der Waals surface area contributed by atoms with Crippen molar-refractivity contribution in [2.45, 2.75) is 11.4 Å². The standard InChI is InChI=1S/C20H24N2O2S.C2H2O4/c1-25-19-9-7-17(8-10-19)15-21-11-13-22(14-12-21)20(23)16-24-18-5-3-2-4-6-18;3-1(4)2(5)6/h2-10H,11-16H2,1H3;(H,3,4)(H,5,6). The van der Waals surface area contributed by atoms with E-state index in [-0.39, 0.29) is 12.5 Å². The average Bonchev–Trinajstić information content (AvgIpc) is 2.79. The van der Waals surface area contributed by atoms with E-state index >= 15 is 0 Å². The van der Waals surface area contributed by atoms with Crippen molar-refractivity contribution in [3.8, 4) is 5.75 Å². The number of carbonyl (C=O) groups excluding carboxylic acids is 1. The SMILES string of the molecule is CSc1ccc(CN2CCN(C(=O)COc3ccccc3)CC2)cc1.O=C(O)C(=O)O. The van der Waals surface area contributed by atoms with Crippen molar-refractivity contribution in [1.29, 1.82) is 0 Å². The van der Waals surface area contributed by atoms with Crippen LogP contribution in [0.25, 0.3) is 0 Å². The molecule has 1 amide bonds. The summed E-state index contributed by atoms with van der Waals surface area (Å²) in [5, 5.41) is 14.8. The van der Waals surface area contributed by atoms with Crippen LogP contribution in [0.3, 0.4) is 0 Å². The fourth-order valence-corrected chi connectivity index (χ4v) is 3.31. The smallest absolute Gasteiger partial charge is 0.414 e. The number of carboxylic acids is 2. The van der Waals surface area contributed by atoms with Crippen molar-refractivity contribution < 1.29 is 29.3 Å². The zero-order valence-electron chi connectivity index (χ0n) is 17.3. The first-order chi connectivity index (χ1) is 14.9. The Morgan fingerprint density at radius 1 is 0.903 bits per heavy atom. The minimum Gasteiger partial charge on any atom is -0.484 e. The zero-order valence-corrected chi connectivity index (χ0v) is 18.1. The Bertz CT molecular complexity index is 840. The Hall–Kier alpha value is -3.04. The predicted octanol–water partition coefficient (Wildman–Crippen LogP) is 2.29. The van der Waals surface area contributed by atoms with Crippen LogP contribution >= 0.6 is 11.8 Å². The van der Waals surface area contributed by atoms with Gasteiger partial charge in [-0.05, 0) is 36.1 Å². The van der Waals surface area contributed by atoms with E-state index in [4.69, 9.17) is 24.5 Å². The van der Waals surface area contributed by atoms with Crippen LogP contribution in [0, 0.1) is 0 Å². The number of thioether (sulfide) groups is 1. The van der Waals surface area contributed by atoms with Gasteiger partial charge in [0.05, 0.1) is 0 Å². The molecule has 3 rings (SSSR count). The lowest BCUT2D eigenvalue weighted by Gasteiger charge is -2.34. The number of rotatable bonds is 6. The van der Waals surface area contributed by atoms with Gasteiger partial charge in [0.1, 0.15) is 5.75 Å². The van der Waals surface area contributed by atoms with Gasteiger partial charge in [0.25, 0.3) is 5.91 Å². The van der Waals surface area contributed by atoms with Gasteiger partial charge < -0.3 is 19.8 Å². The average molecular weight is 447 g/mol. The van der Waals surface area contributed by atoms with Crippen LogP contribution in [-0.2, 0) is 20.9 Å². The minimum atomic E-state index is -1.82. The van der Waals surface area contributed by atoms with E-state index in [1.807, 2.05) is 35.2 Å². The van der Waals surface area contributed by atoms with Crippen molar-refractivity contribution in [3.63, 3.8) is 0 Å². The summed E-state index contributed by atoms with van der Waals surface area (Å²) in [4.78, 5) is 36.1. The highest BCUT2D eigenvalue weighted by Crippen LogP contribution is 2.16. The number of aliphatic carboxylic acids is 2. The number of nitrogens with zero attached hydrogens (tertiary/aromatic N) is 2. The lowest BCUT2D eigenvalue weighted by Crippen LogP contribution is -2.49. The number of para-hydroxylation sites is 1. The first-order valence-corrected chi connectivity index (χ1v) is 10.9. The van der Waals surface area contributed by atoms with Crippen LogP contribution in [0.5, 0.6) is 5.75 Å². The predicted molar refractivity (Wildman–Crippen MR) is 117 cm³/mol. The van der Waals surface area contributed by atoms with Crippen LogP contribution < -0.4 is 4.74 Å². The van der Waals surface area contributed by atoms with Crippen molar-refractivity contribution in [2.24, 2.45) is 0 Å². The molecule has 8 nitrogen and oxygen atoms in total. The number of hydrogen-bond acceptors (Lipinski definition) is 6. The van der Waals surface area contributed by atoms with Crippen LogP contribution in [0.4, 0.5) is 0 Å². The molecule has 1 saturated heterocycles. The normalized spacial score (nSPS) is 13.6. The van der Waals surface area contributed by atoms with Gasteiger partial charge in [0.15, 0.2) is 6.61 Å². The highest BCUT2D eigenvalue weighted by molar-refractivity contribution is 7.98. The van der Waals surface area contributed by atoms with Gasteiger partial charge in [-0.2, -0.15) is 0 Å². The number of ether oxygens (including phenoxy) is 1. The van der Waals surface area contributed by atoms with Crippen LogP contribution in [0.1, 0.15) is 5.56 Å². The minimum absolute atomic E-state index is 0.0628.